The third-order valence-corrected chi connectivity index (χ3v) is 1.78. The molecule has 0 amide bonds. The Labute approximate surface area is 256 Å². The van der Waals surface area contributed by atoms with Gasteiger partial charge in [-0.15, -0.1) is 0 Å². The Hall–Kier alpha value is -5.43. The van der Waals surface area contributed by atoms with Crippen LogP contribution < -0.4 is 51.1 Å². The molecule has 22 heteroatoms. The quantitative estimate of drug-likeness (QED) is 0.194. The molecule has 0 fully saturated rings. The van der Waals surface area contributed by atoms with E-state index in [1.165, 1.54) is 0 Å². The molecular formula is C20H10O20V2. The van der Waals surface area contributed by atoms with Crippen molar-refractivity contribution in [3.8, 4) is 0 Å². The average Bonchev–Trinajstić information content (AvgIpc) is 2.79. The second-order valence-corrected chi connectivity index (χ2v) is 4.86. The van der Waals surface area contributed by atoms with E-state index in [9.17, 15) is 99.0 Å². The van der Waals surface area contributed by atoms with Crippen LogP contribution in [0, 0.1) is 0 Å². The van der Waals surface area contributed by atoms with Gasteiger partial charge in [0.25, 0.3) is 0 Å². The van der Waals surface area contributed by atoms with E-state index in [0.717, 1.165) is 0 Å². The maximum Gasteiger partial charge on any atom is 5.00 e. The number of carboxylic acids is 10. The van der Waals surface area contributed by atoms with Gasteiger partial charge in [0.2, 0.25) is 0 Å². The van der Waals surface area contributed by atoms with Gasteiger partial charge in [0.1, 0.15) is 0 Å². The summed E-state index contributed by atoms with van der Waals surface area (Å²) in [6, 6.07) is 0. The third-order valence-electron chi connectivity index (χ3n) is 1.78. The Bertz CT molecular complexity index is 804. The molecular weight excluding hydrogens is 662 g/mol. The van der Waals surface area contributed by atoms with Gasteiger partial charge in [-0.25, -0.2) is 0 Å². The van der Waals surface area contributed by atoms with Crippen LogP contribution in [0.5, 0.6) is 0 Å². The number of aliphatic carboxylic acids is 10. The largest absolute Gasteiger partial charge is 5.00 e. The van der Waals surface area contributed by atoms with Crippen LogP contribution in [0.25, 0.3) is 0 Å². The molecule has 0 bridgehead atoms. The van der Waals surface area contributed by atoms with E-state index in [1.54, 1.807) is 0 Å². The molecule has 0 aromatic heterocycles. The predicted molar refractivity (Wildman–Crippen MR) is 95.8 cm³/mol. The summed E-state index contributed by atoms with van der Waals surface area (Å²) in [4.78, 5) is 94.1. The minimum Gasteiger partial charge on any atom is -0.545 e. The molecule has 42 heavy (non-hydrogen) atoms. The minimum atomic E-state index is -1.55. The van der Waals surface area contributed by atoms with E-state index in [1.807, 2.05) is 0 Å². The van der Waals surface area contributed by atoms with E-state index in [2.05, 4.69) is 0 Å². The molecule has 0 spiro atoms. The number of rotatable bonds is 10. The van der Waals surface area contributed by atoms with E-state index < -0.39 is 59.7 Å². The third kappa shape index (κ3) is 102. The van der Waals surface area contributed by atoms with Gasteiger partial charge >= 0.3 is 37.1 Å². The van der Waals surface area contributed by atoms with Crippen LogP contribution in [0.2, 0.25) is 0 Å². The fourth-order valence-electron chi connectivity index (χ4n) is 0.680. The smallest absolute Gasteiger partial charge is 0.545 e. The van der Waals surface area contributed by atoms with Crippen LogP contribution in [0.4, 0.5) is 0 Å². The molecule has 0 atom stereocenters. The van der Waals surface area contributed by atoms with Gasteiger partial charge in [-0.05, 0) is 60.8 Å². The molecule has 0 aliphatic rings. The first-order valence-electron chi connectivity index (χ1n) is 8.64. The average molecular weight is 672 g/mol. The van der Waals surface area contributed by atoms with Crippen molar-refractivity contribution in [1.82, 2.24) is 0 Å². The van der Waals surface area contributed by atoms with Gasteiger partial charge in [0.05, 0.1) is 59.7 Å². The second-order valence-electron chi connectivity index (χ2n) is 4.86. The molecule has 0 aliphatic heterocycles. The predicted octanol–water partition coefficient (Wildman–Crippen LogP) is -14.8. The summed E-state index contributed by atoms with van der Waals surface area (Å²) in [5.41, 5.74) is 0. The van der Waals surface area contributed by atoms with Crippen molar-refractivity contribution in [2.45, 2.75) is 0 Å². The standard InChI is InChI=1S/5C4H4O4.2V/c5*5-3(6)1-2-4(7)8;;/h5*1-2H,(H,5,6)(H,7,8);;/q;;;;;2*+5/p-10/b5*2-1+;;. The number of carboxylic acid groups (broad SMARTS) is 10. The van der Waals surface area contributed by atoms with Crippen molar-refractivity contribution in [2.24, 2.45) is 0 Å². The Kier molecular flexibility index (Phi) is 44.8. The fraction of sp³-hybridized carbons (Fsp3) is 0. The number of carbonyl (C=O) groups excluding carboxylic acids is 10. The van der Waals surface area contributed by atoms with Crippen LogP contribution in [0.1, 0.15) is 0 Å². The molecule has 220 valence electrons. The molecule has 0 aromatic rings. The first-order chi connectivity index (χ1) is 18.1. The van der Waals surface area contributed by atoms with Crippen molar-refractivity contribution in [3.05, 3.63) is 60.8 Å². The van der Waals surface area contributed by atoms with Gasteiger partial charge in [-0.1, -0.05) is 0 Å². The van der Waals surface area contributed by atoms with Crippen LogP contribution in [0.3, 0.4) is 0 Å². The van der Waals surface area contributed by atoms with Gasteiger partial charge in [0, 0.05) is 0 Å². The number of hydrogen-bond donors (Lipinski definition) is 0. The molecule has 0 unspecified atom stereocenters. The molecule has 0 saturated carbocycles. The van der Waals surface area contributed by atoms with Crippen molar-refractivity contribution in [2.75, 3.05) is 0 Å². The van der Waals surface area contributed by atoms with E-state index >= 15 is 0 Å². The van der Waals surface area contributed by atoms with E-state index in [-0.39, 0.29) is 37.1 Å². The summed E-state index contributed by atoms with van der Waals surface area (Å²) in [6.45, 7) is 0. The second kappa shape index (κ2) is 35.6. The van der Waals surface area contributed by atoms with Crippen molar-refractivity contribution >= 4 is 59.7 Å². The SMILES string of the molecule is O=C([O-])/C=C/C(=O)[O-].O=C([O-])/C=C/C(=O)[O-].O=C([O-])/C=C/C(=O)[O-].O=C([O-])/C=C/C(=O)[O-].O=C([O-])/C=C/C(=O)[O-].[V+5].[V+5]. The van der Waals surface area contributed by atoms with Crippen LogP contribution in [0.15, 0.2) is 60.8 Å². The number of hydrogen-bond acceptors (Lipinski definition) is 20. The van der Waals surface area contributed by atoms with Crippen molar-refractivity contribution < 1.29 is 136 Å². The van der Waals surface area contributed by atoms with Crippen LogP contribution in [-0.2, 0) is 85.1 Å². The van der Waals surface area contributed by atoms with Gasteiger partial charge in [0.15, 0.2) is 0 Å². The Balaban J connectivity index is -0.0000000721. The maximum absolute atomic E-state index is 9.41. The van der Waals surface area contributed by atoms with Gasteiger partial charge < -0.3 is 99.0 Å². The van der Waals surface area contributed by atoms with Crippen LogP contribution in [-0.4, -0.2) is 59.7 Å². The van der Waals surface area contributed by atoms with E-state index in [0.29, 0.717) is 60.8 Å². The Morgan fingerprint density at radius 3 is 0.286 bits per heavy atom. The summed E-state index contributed by atoms with van der Waals surface area (Å²) < 4.78 is 0. The summed E-state index contributed by atoms with van der Waals surface area (Å²) in [5, 5.41) is 94.1. The summed E-state index contributed by atoms with van der Waals surface area (Å²) in [5.74, 6) is -15.5. The summed E-state index contributed by atoms with van der Waals surface area (Å²) in [6.07, 6.45) is 3.84. The van der Waals surface area contributed by atoms with Gasteiger partial charge in [-0.3, -0.25) is 0 Å². The van der Waals surface area contributed by atoms with Gasteiger partial charge in [-0.2, -0.15) is 0 Å². The minimum absolute atomic E-state index is 0. The molecule has 20 nitrogen and oxygen atoms in total. The normalized spacial score (nSPS) is 9.05. The first kappa shape index (κ1) is 52.9. The maximum atomic E-state index is 9.41. The van der Waals surface area contributed by atoms with Crippen molar-refractivity contribution in [3.63, 3.8) is 0 Å². The molecule has 0 rings (SSSR count). The molecule has 0 aromatic carbocycles. The van der Waals surface area contributed by atoms with E-state index in [4.69, 9.17) is 0 Å². The Morgan fingerprint density at radius 2 is 0.262 bits per heavy atom. The molecule has 0 saturated heterocycles. The number of carbonyl (C=O) groups is 10. The fourth-order valence-corrected chi connectivity index (χ4v) is 0.680. The van der Waals surface area contributed by atoms with Crippen molar-refractivity contribution in [1.29, 1.82) is 0 Å². The summed E-state index contributed by atoms with van der Waals surface area (Å²) >= 11 is 0. The Morgan fingerprint density at radius 1 is 0.214 bits per heavy atom. The zero-order valence-corrected chi connectivity index (χ0v) is 22.6. The molecule has 0 radical (unpaired) electrons. The monoisotopic (exact) mass is 672 g/mol. The van der Waals surface area contributed by atoms with Crippen LogP contribution >= 0.6 is 0 Å². The molecule has 0 aliphatic carbocycles. The zero-order valence-electron chi connectivity index (χ0n) is 19.8. The first-order valence-corrected chi connectivity index (χ1v) is 8.64. The molecule has 0 heterocycles. The topological polar surface area (TPSA) is 401 Å². The summed E-state index contributed by atoms with van der Waals surface area (Å²) in [7, 11) is 0. The molecule has 0 N–H and O–H groups in total. The zero-order chi connectivity index (χ0) is 32.8.